The van der Waals surface area contributed by atoms with E-state index in [1.807, 2.05) is 42.5 Å². The van der Waals surface area contributed by atoms with Crippen molar-refractivity contribution >= 4 is 0 Å². The zero-order chi connectivity index (χ0) is 13.5. The minimum absolute atomic E-state index is 0.113. The molecule has 0 radical (unpaired) electrons. The van der Waals surface area contributed by atoms with E-state index in [2.05, 4.69) is 11.9 Å². The molecular weight excluding hydrogens is 236 g/mol. The van der Waals surface area contributed by atoms with Crippen molar-refractivity contribution in [3.05, 3.63) is 59.9 Å². The predicted molar refractivity (Wildman–Crippen MR) is 77.1 cm³/mol. The third kappa shape index (κ3) is 4.07. The largest absolute Gasteiger partial charge is 0.493 e. The molecule has 100 valence electrons. The molecule has 1 heterocycles. The van der Waals surface area contributed by atoms with Crippen LogP contribution >= 0.6 is 0 Å². The highest BCUT2D eigenvalue weighted by Gasteiger charge is 2.03. The van der Waals surface area contributed by atoms with Crippen molar-refractivity contribution in [2.45, 2.75) is 25.8 Å². The fourth-order valence-electron chi connectivity index (χ4n) is 1.87. The fraction of sp³-hybridized carbons (Fsp3) is 0.312. The monoisotopic (exact) mass is 256 g/mol. The Bertz CT molecular complexity index is 482. The van der Waals surface area contributed by atoms with E-state index in [9.17, 15) is 0 Å². The predicted octanol–water partition coefficient (Wildman–Crippen LogP) is 3.11. The Labute approximate surface area is 114 Å². The summed E-state index contributed by atoms with van der Waals surface area (Å²) in [6, 6.07) is 14.0. The molecule has 1 atom stereocenters. The summed E-state index contributed by atoms with van der Waals surface area (Å²) < 4.78 is 5.70. The Kier molecular flexibility index (Phi) is 4.93. The topological polar surface area (TPSA) is 48.1 Å². The molecule has 1 aromatic heterocycles. The molecule has 3 heteroatoms. The van der Waals surface area contributed by atoms with Crippen LogP contribution in [0.15, 0.2) is 48.7 Å². The summed E-state index contributed by atoms with van der Waals surface area (Å²) in [5.74, 6) is 0.878. The molecule has 0 aliphatic heterocycles. The van der Waals surface area contributed by atoms with E-state index in [-0.39, 0.29) is 6.04 Å². The first-order valence-electron chi connectivity index (χ1n) is 6.68. The third-order valence-electron chi connectivity index (χ3n) is 3.10. The van der Waals surface area contributed by atoms with Gasteiger partial charge in [-0.2, -0.15) is 0 Å². The van der Waals surface area contributed by atoms with Crippen LogP contribution in [0.2, 0.25) is 0 Å². The van der Waals surface area contributed by atoms with Crippen molar-refractivity contribution in [2.24, 2.45) is 5.73 Å². The number of benzene rings is 1. The molecule has 0 unspecified atom stereocenters. The van der Waals surface area contributed by atoms with Gasteiger partial charge in [-0.05, 0) is 36.2 Å². The number of aromatic nitrogens is 1. The number of hydrogen-bond acceptors (Lipinski definition) is 3. The molecule has 0 saturated heterocycles. The second-order valence-electron chi connectivity index (χ2n) is 4.50. The van der Waals surface area contributed by atoms with Gasteiger partial charge >= 0.3 is 0 Å². The summed E-state index contributed by atoms with van der Waals surface area (Å²) in [7, 11) is 0. The zero-order valence-corrected chi connectivity index (χ0v) is 11.3. The second-order valence-corrected chi connectivity index (χ2v) is 4.50. The Morgan fingerprint density at radius 1 is 1.16 bits per heavy atom. The first kappa shape index (κ1) is 13.6. The van der Waals surface area contributed by atoms with Crippen molar-refractivity contribution in [1.29, 1.82) is 0 Å². The maximum Gasteiger partial charge on any atom is 0.119 e. The van der Waals surface area contributed by atoms with Gasteiger partial charge in [-0.15, -0.1) is 0 Å². The van der Waals surface area contributed by atoms with Gasteiger partial charge in [-0.1, -0.05) is 25.1 Å². The minimum Gasteiger partial charge on any atom is -0.493 e. The van der Waals surface area contributed by atoms with Gasteiger partial charge in [0, 0.05) is 24.4 Å². The maximum atomic E-state index is 5.97. The van der Waals surface area contributed by atoms with Crippen LogP contribution in [0.4, 0.5) is 0 Å². The molecule has 3 nitrogen and oxygen atoms in total. The minimum atomic E-state index is 0.113. The molecule has 0 saturated carbocycles. The molecule has 0 bridgehead atoms. The highest BCUT2D eigenvalue weighted by molar-refractivity contribution is 5.29. The summed E-state index contributed by atoms with van der Waals surface area (Å²) in [5, 5.41) is 0. The molecule has 0 aliphatic carbocycles. The lowest BCUT2D eigenvalue weighted by atomic mass is 10.1. The number of nitrogens with zero attached hydrogens (tertiary/aromatic N) is 1. The van der Waals surface area contributed by atoms with Crippen LogP contribution in [0.5, 0.6) is 5.75 Å². The van der Waals surface area contributed by atoms with E-state index in [1.54, 1.807) is 6.20 Å². The van der Waals surface area contributed by atoms with Crippen LogP contribution in [0, 0.1) is 0 Å². The molecule has 0 fully saturated rings. The van der Waals surface area contributed by atoms with Gasteiger partial charge in [0.05, 0.1) is 6.61 Å². The average Bonchev–Trinajstić information content (AvgIpc) is 2.48. The van der Waals surface area contributed by atoms with Gasteiger partial charge in [0.2, 0.25) is 0 Å². The fourth-order valence-corrected chi connectivity index (χ4v) is 1.87. The van der Waals surface area contributed by atoms with Gasteiger partial charge in [0.15, 0.2) is 0 Å². The highest BCUT2D eigenvalue weighted by Crippen LogP contribution is 2.18. The van der Waals surface area contributed by atoms with E-state index >= 15 is 0 Å². The second kappa shape index (κ2) is 6.90. The van der Waals surface area contributed by atoms with Crippen LogP contribution < -0.4 is 10.5 Å². The lowest BCUT2D eigenvalue weighted by Gasteiger charge is -2.10. The maximum absolute atomic E-state index is 5.97. The molecule has 19 heavy (non-hydrogen) atoms. The van der Waals surface area contributed by atoms with Gasteiger partial charge in [0.25, 0.3) is 0 Å². The van der Waals surface area contributed by atoms with E-state index in [0.29, 0.717) is 6.61 Å². The lowest BCUT2D eigenvalue weighted by molar-refractivity contribution is 0.320. The first-order valence-corrected chi connectivity index (χ1v) is 6.68. The Morgan fingerprint density at radius 3 is 2.58 bits per heavy atom. The number of nitrogens with two attached hydrogens (primary N) is 1. The molecular formula is C16H20N2O. The lowest BCUT2D eigenvalue weighted by Crippen LogP contribution is -2.08. The number of hydrogen-bond donors (Lipinski definition) is 1. The van der Waals surface area contributed by atoms with Crippen molar-refractivity contribution in [3.63, 3.8) is 0 Å². The van der Waals surface area contributed by atoms with Crippen molar-refractivity contribution in [2.75, 3.05) is 6.61 Å². The summed E-state index contributed by atoms with van der Waals surface area (Å²) in [6.07, 6.45) is 3.56. The molecule has 2 aromatic rings. The van der Waals surface area contributed by atoms with Crippen LogP contribution in [0.25, 0.3) is 0 Å². The number of pyridine rings is 1. The Balaban J connectivity index is 1.83. The van der Waals surface area contributed by atoms with Crippen LogP contribution in [0.3, 0.4) is 0 Å². The van der Waals surface area contributed by atoms with E-state index in [4.69, 9.17) is 10.5 Å². The Hall–Kier alpha value is -1.87. The zero-order valence-electron chi connectivity index (χ0n) is 11.3. The summed E-state index contributed by atoms with van der Waals surface area (Å²) in [4.78, 5) is 4.26. The third-order valence-corrected chi connectivity index (χ3v) is 3.10. The van der Waals surface area contributed by atoms with Gasteiger partial charge < -0.3 is 10.5 Å². The number of ether oxygens (including phenoxy) is 1. The summed E-state index contributed by atoms with van der Waals surface area (Å²) in [5.41, 5.74) is 8.17. The molecule has 2 N–H and O–H groups in total. The van der Waals surface area contributed by atoms with Crippen molar-refractivity contribution in [3.8, 4) is 5.75 Å². The normalized spacial score (nSPS) is 12.1. The van der Waals surface area contributed by atoms with Gasteiger partial charge in [-0.25, -0.2) is 0 Å². The molecule has 1 aromatic carbocycles. The quantitative estimate of drug-likeness (QED) is 0.864. The number of rotatable bonds is 6. The average molecular weight is 256 g/mol. The van der Waals surface area contributed by atoms with Gasteiger partial charge in [-0.3, -0.25) is 4.98 Å². The van der Waals surface area contributed by atoms with E-state index in [1.165, 1.54) is 0 Å². The van der Waals surface area contributed by atoms with Crippen LogP contribution in [-0.4, -0.2) is 11.6 Å². The first-order chi connectivity index (χ1) is 9.29. The highest BCUT2D eigenvalue weighted by atomic mass is 16.5. The van der Waals surface area contributed by atoms with E-state index in [0.717, 1.165) is 29.8 Å². The SMILES string of the molecule is CC[C@@H](N)c1ccc(OCCc2ccccn2)cc1. The van der Waals surface area contributed by atoms with Crippen LogP contribution in [0.1, 0.15) is 30.6 Å². The molecule has 0 amide bonds. The summed E-state index contributed by atoms with van der Waals surface area (Å²) in [6.45, 7) is 2.72. The van der Waals surface area contributed by atoms with Crippen molar-refractivity contribution < 1.29 is 4.74 Å². The van der Waals surface area contributed by atoms with Gasteiger partial charge in [0.1, 0.15) is 5.75 Å². The molecule has 2 rings (SSSR count). The van der Waals surface area contributed by atoms with Crippen LogP contribution in [-0.2, 0) is 6.42 Å². The Morgan fingerprint density at radius 2 is 1.95 bits per heavy atom. The molecule has 0 spiro atoms. The molecule has 0 aliphatic rings. The van der Waals surface area contributed by atoms with E-state index < -0.39 is 0 Å². The standard InChI is InChI=1S/C16H20N2O/c1-2-16(17)13-6-8-15(9-7-13)19-12-10-14-5-3-4-11-18-14/h3-9,11,16H,2,10,12,17H2,1H3/t16-/m1/s1. The van der Waals surface area contributed by atoms with Crippen molar-refractivity contribution in [1.82, 2.24) is 4.98 Å². The summed E-state index contributed by atoms with van der Waals surface area (Å²) >= 11 is 0. The smallest absolute Gasteiger partial charge is 0.119 e.